The number of carbonyl (C=O) groups excluding carboxylic acids is 1. The number of carbonyl (C=O) groups is 2. The van der Waals surface area contributed by atoms with Crippen molar-refractivity contribution < 1.29 is 14.7 Å². The molecule has 14 heavy (non-hydrogen) atoms. The average Bonchev–Trinajstić information content (AvgIpc) is 2.11. The van der Waals surface area contributed by atoms with Crippen molar-refractivity contribution in [3.8, 4) is 0 Å². The van der Waals surface area contributed by atoms with Gasteiger partial charge in [0.1, 0.15) is 6.04 Å². The molecular weight excluding hydrogens is 184 g/mol. The van der Waals surface area contributed by atoms with Crippen LogP contribution in [-0.4, -0.2) is 59.5 Å². The van der Waals surface area contributed by atoms with Crippen LogP contribution in [0.25, 0.3) is 0 Å². The summed E-state index contributed by atoms with van der Waals surface area (Å²) in [5, 5.41) is 8.87. The fourth-order valence-corrected chi connectivity index (χ4v) is 1.47. The highest BCUT2D eigenvalue weighted by Gasteiger charge is 2.33. The molecule has 1 amide bonds. The second kappa shape index (κ2) is 4.23. The summed E-state index contributed by atoms with van der Waals surface area (Å²) in [6.45, 7) is 4.73. The maximum absolute atomic E-state index is 11.4. The maximum atomic E-state index is 11.4. The highest BCUT2D eigenvalue weighted by atomic mass is 16.4. The predicted molar refractivity (Wildman–Crippen MR) is 50.8 cm³/mol. The van der Waals surface area contributed by atoms with Crippen molar-refractivity contribution in [3.05, 3.63) is 12.7 Å². The summed E-state index contributed by atoms with van der Waals surface area (Å²) in [5.74, 6) is -1.12. The monoisotopic (exact) mass is 198 g/mol. The van der Waals surface area contributed by atoms with Gasteiger partial charge in [0, 0.05) is 20.1 Å². The lowest BCUT2D eigenvalue weighted by atomic mass is 10.2. The molecule has 1 rings (SSSR count). The van der Waals surface area contributed by atoms with Gasteiger partial charge in [0.05, 0.1) is 6.54 Å². The largest absolute Gasteiger partial charge is 0.480 e. The topological polar surface area (TPSA) is 60.9 Å². The zero-order chi connectivity index (χ0) is 10.7. The average molecular weight is 198 g/mol. The quantitative estimate of drug-likeness (QED) is 0.615. The Kier molecular flexibility index (Phi) is 3.24. The van der Waals surface area contributed by atoms with Crippen LogP contribution >= 0.6 is 0 Å². The van der Waals surface area contributed by atoms with Crippen LogP contribution in [0, 0.1) is 0 Å². The van der Waals surface area contributed by atoms with E-state index in [1.807, 2.05) is 0 Å². The third-order valence-electron chi connectivity index (χ3n) is 2.32. The number of nitrogens with zero attached hydrogens (tertiary/aromatic N) is 2. The van der Waals surface area contributed by atoms with Gasteiger partial charge in [-0.3, -0.25) is 9.69 Å². The molecule has 0 aromatic heterocycles. The Balaban J connectivity index is 2.70. The van der Waals surface area contributed by atoms with Crippen LogP contribution in [0.3, 0.4) is 0 Å². The predicted octanol–water partition coefficient (Wildman–Crippen LogP) is -0.600. The van der Waals surface area contributed by atoms with Crippen molar-refractivity contribution in [2.45, 2.75) is 6.04 Å². The Morgan fingerprint density at radius 1 is 1.79 bits per heavy atom. The minimum Gasteiger partial charge on any atom is -0.480 e. The highest BCUT2D eigenvalue weighted by Crippen LogP contribution is 2.08. The molecule has 1 unspecified atom stereocenters. The van der Waals surface area contributed by atoms with E-state index in [4.69, 9.17) is 5.11 Å². The Labute approximate surface area is 82.6 Å². The van der Waals surface area contributed by atoms with Gasteiger partial charge in [-0.05, 0) is 0 Å². The first-order valence-electron chi connectivity index (χ1n) is 4.38. The molecule has 1 heterocycles. The lowest BCUT2D eigenvalue weighted by molar-refractivity contribution is -0.154. The van der Waals surface area contributed by atoms with Gasteiger partial charge in [0.2, 0.25) is 5.91 Å². The van der Waals surface area contributed by atoms with Gasteiger partial charge in [-0.1, -0.05) is 6.08 Å². The van der Waals surface area contributed by atoms with E-state index in [2.05, 4.69) is 6.58 Å². The normalized spacial score (nSPS) is 23.6. The van der Waals surface area contributed by atoms with Crippen LogP contribution in [0.15, 0.2) is 12.7 Å². The van der Waals surface area contributed by atoms with Crippen LogP contribution in [0.5, 0.6) is 0 Å². The molecule has 0 aliphatic carbocycles. The number of piperazine rings is 1. The summed E-state index contributed by atoms with van der Waals surface area (Å²) in [7, 11) is 1.52. The van der Waals surface area contributed by atoms with Crippen molar-refractivity contribution in [1.82, 2.24) is 9.80 Å². The number of rotatable bonds is 3. The maximum Gasteiger partial charge on any atom is 0.327 e. The molecule has 1 atom stereocenters. The minimum atomic E-state index is -0.963. The van der Waals surface area contributed by atoms with E-state index >= 15 is 0 Å². The van der Waals surface area contributed by atoms with Crippen LogP contribution in [0.1, 0.15) is 0 Å². The summed E-state index contributed by atoms with van der Waals surface area (Å²) in [6, 6.07) is -0.740. The molecule has 1 aliphatic heterocycles. The van der Waals surface area contributed by atoms with Crippen LogP contribution in [0.2, 0.25) is 0 Å². The smallest absolute Gasteiger partial charge is 0.327 e. The first kappa shape index (κ1) is 10.7. The first-order chi connectivity index (χ1) is 6.56. The van der Waals surface area contributed by atoms with Crippen molar-refractivity contribution in [3.63, 3.8) is 0 Å². The van der Waals surface area contributed by atoms with Crippen LogP contribution in [-0.2, 0) is 9.59 Å². The van der Waals surface area contributed by atoms with E-state index in [9.17, 15) is 9.59 Å². The Bertz CT molecular complexity index is 265. The molecule has 1 aliphatic rings. The summed E-state index contributed by atoms with van der Waals surface area (Å²) < 4.78 is 0. The molecule has 5 nitrogen and oxygen atoms in total. The van der Waals surface area contributed by atoms with Gasteiger partial charge in [-0.25, -0.2) is 4.79 Å². The summed E-state index contributed by atoms with van der Waals surface area (Å²) in [6.07, 6.45) is 1.66. The van der Waals surface area contributed by atoms with E-state index in [-0.39, 0.29) is 12.5 Å². The Morgan fingerprint density at radius 2 is 2.43 bits per heavy atom. The number of hydrogen-bond acceptors (Lipinski definition) is 3. The highest BCUT2D eigenvalue weighted by molar-refractivity contribution is 5.86. The second-order valence-electron chi connectivity index (χ2n) is 3.34. The lowest BCUT2D eigenvalue weighted by Crippen LogP contribution is -2.57. The summed E-state index contributed by atoms with van der Waals surface area (Å²) >= 11 is 0. The van der Waals surface area contributed by atoms with Crippen molar-refractivity contribution in [2.75, 3.05) is 26.7 Å². The zero-order valence-corrected chi connectivity index (χ0v) is 8.14. The molecule has 0 aromatic carbocycles. The molecule has 5 heteroatoms. The fourth-order valence-electron chi connectivity index (χ4n) is 1.47. The number of likely N-dealkylation sites (N-methyl/N-ethyl adjacent to an activating group) is 1. The third kappa shape index (κ3) is 2.11. The molecule has 78 valence electrons. The number of carboxylic acids is 1. The zero-order valence-electron chi connectivity index (χ0n) is 8.14. The number of hydrogen-bond donors (Lipinski definition) is 1. The molecule has 0 bridgehead atoms. The van der Waals surface area contributed by atoms with E-state index in [1.165, 1.54) is 11.9 Å². The van der Waals surface area contributed by atoms with E-state index in [1.54, 1.807) is 11.0 Å². The second-order valence-corrected chi connectivity index (χ2v) is 3.34. The molecular formula is C9H14N2O3. The fraction of sp³-hybridized carbons (Fsp3) is 0.556. The molecule has 0 saturated carbocycles. The molecule has 0 radical (unpaired) electrons. The van der Waals surface area contributed by atoms with Crippen LogP contribution in [0.4, 0.5) is 0 Å². The van der Waals surface area contributed by atoms with Gasteiger partial charge < -0.3 is 10.0 Å². The lowest BCUT2D eigenvalue weighted by Gasteiger charge is -2.36. The van der Waals surface area contributed by atoms with Crippen molar-refractivity contribution in [1.29, 1.82) is 0 Å². The molecule has 0 aromatic rings. The van der Waals surface area contributed by atoms with Gasteiger partial charge in [-0.15, -0.1) is 6.58 Å². The van der Waals surface area contributed by atoms with E-state index < -0.39 is 12.0 Å². The SMILES string of the molecule is C=CCN1CC(=O)N(C)C(C(=O)O)C1. The van der Waals surface area contributed by atoms with E-state index in [0.717, 1.165) is 0 Å². The standard InChI is InChI=1S/C9H14N2O3/c1-3-4-11-5-7(9(13)14)10(2)8(12)6-11/h3,7H,1,4-6H2,2H3,(H,13,14). The van der Waals surface area contributed by atoms with Gasteiger partial charge in [0.15, 0.2) is 0 Å². The molecule has 1 N–H and O–H groups in total. The molecule has 0 spiro atoms. The number of carboxylic acid groups (broad SMARTS) is 1. The Morgan fingerprint density at radius 3 is 2.93 bits per heavy atom. The minimum absolute atomic E-state index is 0.162. The summed E-state index contributed by atoms with van der Waals surface area (Å²) in [4.78, 5) is 25.2. The molecule has 1 saturated heterocycles. The summed E-state index contributed by atoms with van der Waals surface area (Å²) in [5.41, 5.74) is 0. The third-order valence-corrected chi connectivity index (χ3v) is 2.32. The Hall–Kier alpha value is -1.36. The molecule has 1 fully saturated rings. The van der Waals surface area contributed by atoms with Crippen LogP contribution < -0.4 is 0 Å². The number of amides is 1. The number of aliphatic carboxylic acids is 1. The van der Waals surface area contributed by atoms with Crippen molar-refractivity contribution in [2.24, 2.45) is 0 Å². The van der Waals surface area contributed by atoms with Gasteiger partial charge in [-0.2, -0.15) is 0 Å². The van der Waals surface area contributed by atoms with Gasteiger partial charge in [0.25, 0.3) is 0 Å². The van der Waals surface area contributed by atoms with Crippen molar-refractivity contribution >= 4 is 11.9 Å². The first-order valence-corrected chi connectivity index (χ1v) is 4.38. The van der Waals surface area contributed by atoms with E-state index in [0.29, 0.717) is 13.1 Å². The van der Waals surface area contributed by atoms with Gasteiger partial charge >= 0.3 is 5.97 Å².